The van der Waals surface area contributed by atoms with Crippen molar-refractivity contribution in [3.8, 4) is 17.2 Å². The van der Waals surface area contributed by atoms with Crippen LogP contribution in [0.25, 0.3) is 17.2 Å². The fourth-order valence-electron chi connectivity index (χ4n) is 3.72. The Morgan fingerprint density at radius 1 is 1.00 bits per heavy atom. The third-order valence-corrected chi connectivity index (χ3v) is 5.65. The highest BCUT2D eigenvalue weighted by Crippen LogP contribution is 2.39. The zero-order valence-electron chi connectivity index (χ0n) is 16.4. The van der Waals surface area contributed by atoms with E-state index in [0.717, 1.165) is 24.4 Å². The van der Waals surface area contributed by atoms with Gasteiger partial charge in [0.15, 0.2) is 5.82 Å². The average molecular weight is 432 g/mol. The van der Waals surface area contributed by atoms with Gasteiger partial charge in [0.2, 0.25) is 0 Å². The lowest BCUT2D eigenvalue weighted by atomic mass is 9.79. The quantitative estimate of drug-likeness (QED) is 0.519. The molecule has 1 N–H and O–H groups in total. The van der Waals surface area contributed by atoms with E-state index >= 15 is 0 Å². The van der Waals surface area contributed by atoms with Crippen LogP contribution < -0.4 is 5.32 Å². The number of halogens is 1. The molecule has 3 heterocycles. The van der Waals surface area contributed by atoms with Crippen molar-refractivity contribution in [2.24, 2.45) is 0 Å². The molecule has 0 atom stereocenters. The van der Waals surface area contributed by atoms with Gasteiger partial charge in [0, 0.05) is 24.4 Å². The van der Waals surface area contributed by atoms with Gasteiger partial charge >= 0.3 is 0 Å². The van der Waals surface area contributed by atoms with Gasteiger partial charge in [0.05, 0.1) is 10.7 Å². The summed E-state index contributed by atoms with van der Waals surface area (Å²) in [7, 11) is 0. The minimum absolute atomic E-state index is 0.0541. The largest absolute Gasteiger partial charge is 0.348 e. The highest BCUT2D eigenvalue weighted by molar-refractivity contribution is 6.32. The molecular weight excluding hydrogens is 414 g/mol. The molecule has 0 aliphatic heterocycles. The zero-order chi connectivity index (χ0) is 21.2. The van der Waals surface area contributed by atoms with E-state index in [4.69, 9.17) is 11.6 Å². The highest BCUT2D eigenvalue weighted by Gasteiger charge is 2.36. The molecule has 0 spiro atoms. The summed E-state index contributed by atoms with van der Waals surface area (Å²) in [5.41, 5.74) is 1.86. The van der Waals surface area contributed by atoms with Crippen molar-refractivity contribution in [2.45, 2.75) is 24.8 Å². The number of nitrogens with zero attached hydrogens (tertiary/aromatic N) is 6. The second-order valence-electron chi connectivity index (χ2n) is 7.32. The van der Waals surface area contributed by atoms with Crippen molar-refractivity contribution in [1.82, 2.24) is 35.0 Å². The minimum atomic E-state index is -0.168. The van der Waals surface area contributed by atoms with Crippen molar-refractivity contribution >= 4 is 17.5 Å². The predicted molar refractivity (Wildman–Crippen MR) is 115 cm³/mol. The summed E-state index contributed by atoms with van der Waals surface area (Å²) in [6.07, 6.45) is 6.27. The van der Waals surface area contributed by atoms with Crippen LogP contribution in [-0.4, -0.2) is 41.7 Å². The number of pyridine rings is 1. The Kier molecular flexibility index (Phi) is 5.13. The first-order valence-corrected chi connectivity index (χ1v) is 10.3. The number of rotatable bonds is 5. The molecule has 0 bridgehead atoms. The van der Waals surface area contributed by atoms with Gasteiger partial charge in [-0.1, -0.05) is 29.8 Å². The van der Waals surface area contributed by atoms with E-state index in [-0.39, 0.29) is 17.9 Å². The van der Waals surface area contributed by atoms with Crippen molar-refractivity contribution < 1.29 is 4.79 Å². The van der Waals surface area contributed by atoms with E-state index < -0.39 is 0 Å². The number of hydrogen-bond donors (Lipinski definition) is 1. The SMILES string of the molecule is O=C(NC1CC(c2nnc(-c3ccncn3)n2-c2ccccc2Cl)C1)c1ccccn1. The topological polar surface area (TPSA) is 98.5 Å². The van der Waals surface area contributed by atoms with Crippen LogP contribution in [0.3, 0.4) is 0 Å². The van der Waals surface area contributed by atoms with E-state index in [9.17, 15) is 4.79 Å². The Bertz CT molecular complexity index is 1210. The fraction of sp³-hybridized carbons (Fsp3) is 0.182. The molecule has 1 amide bonds. The number of para-hydroxylation sites is 1. The Morgan fingerprint density at radius 2 is 1.84 bits per heavy atom. The normalized spacial score (nSPS) is 17.7. The van der Waals surface area contributed by atoms with Gasteiger partial charge in [0.1, 0.15) is 23.5 Å². The molecule has 154 valence electrons. The first-order chi connectivity index (χ1) is 15.2. The van der Waals surface area contributed by atoms with Crippen LogP contribution in [0, 0.1) is 0 Å². The van der Waals surface area contributed by atoms with Gasteiger partial charge in [0.25, 0.3) is 5.91 Å². The summed E-state index contributed by atoms with van der Waals surface area (Å²) in [4.78, 5) is 24.8. The average Bonchev–Trinajstić information content (AvgIpc) is 3.21. The summed E-state index contributed by atoms with van der Waals surface area (Å²) in [5.74, 6) is 1.36. The lowest BCUT2D eigenvalue weighted by molar-refractivity contribution is 0.0902. The molecule has 31 heavy (non-hydrogen) atoms. The molecule has 5 rings (SSSR count). The molecule has 3 aromatic heterocycles. The lowest BCUT2D eigenvalue weighted by Crippen LogP contribution is -2.44. The molecule has 1 aliphatic rings. The summed E-state index contributed by atoms with van der Waals surface area (Å²) in [6, 6.07) is 14.7. The Balaban J connectivity index is 1.41. The number of benzene rings is 1. The van der Waals surface area contributed by atoms with Crippen LogP contribution in [-0.2, 0) is 0 Å². The van der Waals surface area contributed by atoms with Crippen molar-refractivity contribution in [3.63, 3.8) is 0 Å². The van der Waals surface area contributed by atoms with Gasteiger partial charge in [-0.15, -0.1) is 10.2 Å². The lowest BCUT2D eigenvalue weighted by Gasteiger charge is -2.35. The maximum atomic E-state index is 12.4. The first kappa shape index (κ1) is 19.3. The molecule has 9 heteroatoms. The number of aromatic nitrogens is 6. The first-order valence-electron chi connectivity index (χ1n) is 9.89. The number of hydrogen-bond acceptors (Lipinski definition) is 6. The number of amides is 1. The van der Waals surface area contributed by atoms with Gasteiger partial charge in [-0.25, -0.2) is 9.97 Å². The van der Waals surface area contributed by atoms with Crippen molar-refractivity contribution in [2.75, 3.05) is 0 Å². The molecular formula is C22H18ClN7O. The van der Waals surface area contributed by atoms with Gasteiger partial charge < -0.3 is 5.32 Å². The molecule has 1 fully saturated rings. The standard InChI is InChI=1S/C22H18ClN7O/c23-16-5-1-2-7-19(16)30-20(28-29-21(30)17-8-10-24-13-26-17)14-11-15(12-14)27-22(31)18-6-3-4-9-25-18/h1-10,13-15H,11-12H2,(H,27,31). The fourth-order valence-corrected chi connectivity index (χ4v) is 3.94. The van der Waals surface area contributed by atoms with E-state index in [1.165, 1.54) is 6.33 Å². The third kappa shape index (κ3) is 3.77. The van der Waals surface area contributed by atoms with E-state index in [1.807, 2.05) is 28.8 Å². The predicted octanol–water partition coefficient (Wildman–Crippen LogP) is 3.45. The minimum Gasteiger partial charge on any atom is -0.348 e. The van der Waals surface area contributed by atoms with E-state index in [1.54, 1.807) is 36.7 Å². The van der Waals surface area contributed by atoms with Crippen LogP contribution >= 0.6 is 11.6 Å². The molecule has 0 radical (unpaired) electrons. The Labute approximate surface area is 183 Å². The molecule has 1 aliphatic carbocycles. The van der Waals surface area contributed by atoms with Crippen LogP contribution in [0.4, 0.5) is 0 Å². The molecule has 1 aromatic carbocycles. The number of carbonyl (C=O) groups is 1. The summed E-state index contributed by atoms with van der Waals surface area (Å²) in [5, 5.41) is 12.5. The molecule has 8 nitrogen and oxygen atoms in total. The molecule has 0 unspecified atom stereocenters. The number of carbonyl (C=O) groups excluding carboxylic acids is 1. The van der Waals surface area contributed by atoms with Gasteiger partial charge in [-0.05, 0) is 43.2 Å². The second-order valence-corrected chi connectivity index (χ2v) is 7.72. The third-order valence-electron chi connectivity index (χ3n) is 5.33. The van der Waals surface area contributed by atoms with E-state index in [2.05, 4.69) is 30.5 Å². The monoisotopic (exact) mass is 431 g/mol. The molecule has 0 saturated heterocycles. The molecule has 4 aromatic rings. The van der Waals surface area contributed by atoms with Gasteiger partial charge in [-0.3, -0.25) is 14.3 Å². The summed E-state index contributed by atoms with van der Waals surface area (Å²) in [6.45, 7) is 0. The Hall–Kier alpha value is -3.65. The second kappa shape index (κ2) is 8.23. The zero-order valence-corrected chi connectivity index (χ0v) is 17.1. The highest BCUT2D eigenvalue weighted by atomic mass is 35.5. The van der Waals surface area contributed by atoms with Crippen molar-refractivity contribution in [3.05, 3.63) is 83.8 Å². The maximum Gasteiger partial charge on any atom is 0.270 e. The molecule has 1 saturated carbocycles. The summed E-state index contributed by atoms with van der Waals surface area (Å²) < 4.78 is 1.95. The maximum absolute atomic E-state index is 12.4. The summed E-state index contributed by atoms with van der Waals surface area (Å²) >= 11 is 6.51. The van der Waals surface area contributed by atoms with E-state index in [0.29, 0.717) is 22.2 Å². The smallest absolute Gasteiger partial charge is 0.270 e. The Morgan fingerprint density at radius 3 is 2.58 bits per heavy atom. The van der Waals surface area contributed by atoms with Crippen LogP contribution in [0.5, 0.6) is 0 Å². The van der Waals surface area contributed by atoms with Crippen molar-refractivity contribution in [1.29, 1.82) is 0 Å². The van der Waals surface area contributed by atoms with Crippen LogP contribution in [0.15, 0.2) is 67.3 Å². The van der Waals surface area contributed by atoms with Crippen LogP contribution in [0.2, 0.25) is 5.02 Å². The number of nitrogens with one attached hydrogen (secondary N) is 1. The van der Waals surface area contributed by atoms with Crippen LogP contribution in [0.1, 0.15) is 35.1 Å². The van der Waals surface area contributed by atoms with Gasteiger partial charge in [-0.2, -0.15) is 0 Å².